The summed E-state index contributed by atoms with van der Waals surface area (Å²) in [6.07, 6.45) is 1.09. The summed E-state index contributed by atoms with van der Waals surface area (Å²) in [5.41, 5.74) is 15.8. The molecule has 4 heteroatoms. The summed E-state index contributed by atoms with van der Waals surface area (Å²) >= 11 is 0. The number of fused-ring (bicyclic) bond motifs is 1. The minimum Gasteiger partial charge on any atom is -0.397 e. The Bertz CT molecular complexity index is 352. The van der Waals surface area contributed by atoms with Crippen molar-refractivity contribution in [2.24, 2.45) is 0 Å². The summed E-state index contributed by atoms with van der Waals surface area (Å²) in [5.74, 6) is 0. The van der Waals surface area contributed by atoms with E-state index in [1.54, 1.807) is 0 Å². The Morgan fingerprint density at radius 2 is 2.07 bits per heavy atom. The van der Waals surface area contributed by atoms with Gasteiger partial charge in [0, 0.05) is 13.1 Å². The van der Waals surface area contributed by atoms with Gasteiger partial charge in [-0.15, -0.1) is 17.0 Å². The average Bonchev–Trinajstić information content (AvgIpc) is 2.23. The molecule has 1 aromatic carbocycles. The van der Waals surface area contributed by atoms with Crippen molar-refractivity contribution in [3.05, 3.63) is 23.3 Å². The van der Waals surface area contributed by atoms with Gasteiger partial charge in [0.1, 0.15) is 0 Å². The van der Waals surface area contributed by atoms with Gasteiger partial charge in [0.05, 0.1) is 11.4 Å². The molecule has 4 N–H and O–H groups in total. The molecule has 0 radical (unpaired) electrons. The van der Waals surface area contributed by atoms with Gasteiger partial charge in [0.25, 0.3) is 0 Å². The molecule has 3 nitrogen and oxygen atoms in total. The van der Waals surface area contributed by atoms with Gasteiger partial charge in [0.2, 0.25) is 0 Å². The van der Waals surface area contributed by atoms with E-state index >= 15 is 0 Å². The Labute approximate surface area is 101 Å². The van der Waals surface area contributed by atoms with Gasteiger partial charge in [-0.2, -0.15) is 0 Å². The normalized spacial score (nSPS) is 15.5. The summed E-state index contributed by atoms with van der Waals surface area (Å²) in [5, 5.41) is 0. The van der Waals surface area contributed by atoms with Crippen molar-refractivity contribution in [1.29, 1.82) is 0 Å². The fourth-order valence-electron chi connectivity index (χ4n) is 2.00. The molecule has 0 bridgehead atoms. The van der Waals surface area contributed by atoms with Crippen LogP contribution in [0.2, 0.25) is 0 Å². The number of rotatable bonds is 1. The highest BCUT2D eigenvalue weighted by Gasteiger charge is 2.17. The predicted molar refractivity (Wildman–Crippen MR) is 70.2 cm³/mol. The fourth-order valence-corrected chi connectivity index (χ4v) is 2.00. The molecule has 0 spiro atoms. The van der Waals surface area contributed by atoms with Gasteiger partial charge < -0.3 is 11.5 Å². The lowest BCUT2D eigenvalue weighted by atomic mass is 9.97. The number of benzene rings is 1. The number of anilines is 2. The lowest BCUT2D eigenvalue weighted by Crippen LogP contribution is -2.30. The van der Waals surface area contributed by atoms with Crippen molar-refractivity contribution < 1.29 is 0 Å². The van der Waals surface area contributed by atoms with Crippen molar-refractivity contribution >= 4 is 28.4 Å². The molecule has 0 saturated heterocycles. The van der Waals surface area contributed by atoms with Gasteiger partial charge in [-0.25, -0.2) is 0 Å². The maximum Gasteiger partial charge on any atom is 0.0596 e. The van der Waals surface area contributed by atoms with E-state index in [4.69, 9.17) is 11.5 Å². The second kappa shape index (κ2) is 4.86. The molecule has 84 valence electrons. The smallest absolute Gasteiger partial charge is 0.0596 e. The van der Waals surface area contributed by atoms with Crippen LogP contribution in [0, 0.1) is 0 Å². The average molecular weight is 272 g/mol. The Hall–Kier alpha value is -0.740. The molecular formula is C11H18BrN3. The number of nitrogen functional groups attached to an aromatic ring is 2. The third-order valence-electron chi connectivity index (χ3n) is 3.01. The highest BCUT2D eigenvalue weighted by atomic mass is 79.9. The first-order chi connectivity index (χ1) is 6.72. The first kappa shape index (κ1) is 12.3. The highest BCUT2D eigenvalue weighted by Crippen LogP contribution is 2.28. The van der Waals surface area contributed by atoms with E-state index in [1.807, 2.05) is 6.07 Å². The van der Waals surface area contributed by atoms with Crippen LogP contribution in [-0.4, -0.2) is 18.0 Å². The van der Waals surface area contributed by atoms with E-state index in [1.165, 1.54) is 11.1 Å². The standard InChI is InChI=1S/C11H17N3.BrH/c1-2-14-6-5-8-3-4-10(12)11(13)9(8)7-14;/h3-4H,2,5-7,12-13H2,1H3;1H. The maximum atomic E-state index is 5.97. The molecule has 0 saturated carbocycles. The van der Waals surface area contributed by atoms with Crippen molar-refractivity contribution in [2.45, 2.75) is 19.9 Å². The largest absolute Gasteiger partial charge is 0.397 e. The van der Waals surface area contributed by atoms with Gasteiger partial charge in [-0.05, 0) is 30.2 Å². The topological polar surface area (TPSA) is 55.3 Å². The van der Waals surface area contributed by atoms with E-state index in [2.05, 4.69) is 17.9 Å². The second-order valence-corrected chi connectivity index (χ2v) is 3.82. The van der Waals surface area contributed by atoms with Crippen LogP contribution >= 0.6 is 17.0 Å². The summed E-state index contributed by atoms with van der Waals surface area (Å²) in [7, 11) is 0. The lowest BCUT2D eigenvalue weighted by Gasteiger charge is -2.28. The zero-order chi connectivity index (χ0) is 10.1. The van der Waals surface area contributed by atoms with Gasteiger partial charge in [-0.1, -0.05) is 13.0 Å². The van der Waals surface area contributed by atoms with Crippen LogP contribution in [0.5, 0.6) is 0 Å². The molecular weight excluding hydrogens is 254 g/mol. The van der Waals surface area contributed by atoms with Crippen molar-refractivity contribution in [2.75, 3.05) is 24.6 Å². The molecule has 0 amide bonds. The van der Waals surface area contributed by atoms with E-state index in [0.29, 0.717) is 5.69 Å². The van der Waals surface area contributed by atoms with Crippen LogP contribution in [-0.2, 0) is 13.0 Å². The van der Waals surface area contributed by atoms with Crippen molar-refractivity contribution in [3.8, 4) is 0 Å². The van der Waals surface area contributed by atoms with E-state index in [0.717, 1.165) is 31.7 Å². The molecule has 1 aliphatic rings. The molecule has 0 aliphatic carbocycles. The van der Waals surface area contributed by atoms with Crippen LogP contribution in [0.15, 0.2) is 12.1 Å². The Morgan fingerprint density at radius 1 is 1.33 bits per heavy atom. The summed E-state index contributed by atoms with van der Waals surface area (Å²) < 4.78 is 0. The number of nitrogens with two attached hydrogens (primary N) is 2. The minimum atomic E-state index is 0. The van der Waals surface area contributed by atoms with Crippen LogP contribution in [0.4, 0.5) is 11.4 Å². The molecule has 0 unspecified atom stereocenters. The fraction of sp³-hybridized carbons (Fsp3) is 0.455. The lowest BCUT2D eigenvalue weighted by molar-refractivity contribution is 0.269. The summed E-state index contributed by atoms with van der Waals surface area (Å²) in [6.45, 7) is 5.33. The SMILES string of the molecule is Br.CCN1CCc2ccc(N)c(N)c2C1. The number of hydrogen-bond donors (Lipinski definition) is 2. The molecule has 1 aliphatic heterocycles. The monoisotopic (exact) mass is 271 g/mol. The molecule has 0 atom stereocenters. The zero-order valence-electron chi connectivity index (χ0n) is 8.99. The van der Waals surface area contributed by atoms with Crippen LogP contribution in [0.3, 0.4) is 0 Å². The molecule has 1 aromatic rings. The second-order valence-electron chi connectivity index (χ2n) is 3.82. The third kappa shape index (κ3) is 2.26. The van der Waals surface area contributed by atoms with Crippen LogP contribution in [0.1, 0.15) is 18.1 Å². The molecule has 0 aromatic heterocycles. The number of nitrogens with zero attached hydrogens (tertiary/aromatic N) is 1. The molecule has 0 fully saturated rings. The maximum absolute atomic E-state index is 5.97. The molecule has 2 rings (SSSR count). The highest BCUT2D eigenvalue weighted by molar-refractivity contribution is 8.93. The molecule has 15 heavy (non-hydrogen) atoms. The van der Waals surface area contributed by atoms with Crippen molar-refractivity contribution in [1.82, 2.24) is 4.90 Å². The van der Waals surface area contributed by atoms with E-state index in [9.17, 15) is 0 Å². The number of hydrogen-bond acceptors (Lipinski definition) is 3. The summed E-state index contributed by atoms with van der Waals surface area (Å²) in [4.78, 5) is 2.39. The van der Waals surface area contributed by atoms with E-state index < -0.39 is 0 Å². The zero-order valence-corrected chi connectivity index (χ0v) is 10.7. The van der Waals surface area contributed by atoms with Crippen LogP contribution in [0.25, 0.3) is 0 Å². The Balaban J connectivity index is 0.00000112. The Morgan fingerprint density at radius 3 is 2.73 bits per heavy atom. The van der Waals surface area contributed by atoms with Gasteiger partial charge in [-0.3, -0.25) is 4.90 Å². The number of likely N-dealkylation sites (N-methyl/N-ethyl adjacent to an activating group) is 1. The Kier molecular flexibility index (Phi) is 3.99. The first-order valence-corrected chi connectivity index (χ1v) is 5.10. The quantitative estimate of drug-likeness (QED) is 0.766. The van der Waals surface area contributed by atoms with Gasteiger partial charge in [0.15, 0.2) is 0 Å². The predicted octanol–water partition coefficient (Wildman–Crippen LogP) is 1.81. The molecule has 1 heterocycles. The first-order valence-electron chi connectivity index (χ1n) is 5.10. The third-order valence-corrected chi connectivity index (χ3v) is 3.01. The van der Waals surface area contributed by atoms with Crippen LogP contribution < -0.4 is 11.5 Å². The summed E-state index contributed by atoms with van der Waals surface area (Å²) in [6, 6.07) is 4.02. The van der Waals surface area contributed by atoms with Gasteiger partial charge >= 0.3 is 0 Å². The van der Waals surface area contributed by atoms with Crippen molar-refractivity contribution in [3.63, 3.8) is 0 Å². The number of halogens is 1. The minimum absolute atomic E-state index is 0. The van der Waals surface area contributed by atoms with E-state index in [-0.39, 0.29) is 17.0 Å².